The number of ketones is 6. The number of carboxylic acids is 2. The van der Waals surface area contributed by atoms with E-state index in [1.165, 1.54) is 104 Å². The average Bonchev–Trinajstić information content (AvgIpc) is 1.18. The molecule has 0 aromatic heterocycles. The molecule has 0 aromatic rings. The van der Waals surface area contributed by atoms with Crippen molar-refractivity contribution in [2.24, 2.45) is 35.3 Å². The molecule has 2 heterocycles. The quantitative estimate of drug-likeness (QED) is 0.0161. The number of Topliss-reactive ketones (excluding diaryl/α,β-unsaturated/α-hetero) is 6. The monoisotopic (exact) mass is 1500 g/mol. The van der Waals surface area contributed by atoms with Gasteiger partial charge in [0.25, 0.3) is 0 Å². The summed E-state index contributed by atoms with van der Waals surface area (Å²) in [6, 6.07) is -3.08. The molecule has 0 aromatic carbocycles. The van der Waals surface area contributed by atoms with Crippen molar-refractivity contribution in [3.63, 3.8) is 0 Å². The SMILES string of the molecule is CC(=O)[C@@H]1CSSC[C@H](CC(=O)[C@@H]2CSSC[C@@H](C(=O)S)NC(=O)[C@H](CCCCNC(=O)COCCOCCCC(=O)COCCOCCNC(=O)CC[C@H](NC(=O)CCCCCCCCCCCCCCCCC(=O)O)C(=O)O)CC(=O)[C@@H](C)CSSC[C@H](N)C(=O)C2)C(=O)C1. The first-order chi connectivity index (χ1) is 46.6. The van der Waals surface area contributed by atoms with Crippen LogP contribution in [0.5, 0.6) is 0 Å². The van der Waals surface area contributed by atoms with E-state index in [0.29, 0.717) is 56.0 Å². The molecule has 8 atom stereocenters. The predicted molar refractivity (Wildman–Crippen MR) is 389 cm³/mol. The summed E-state index contributed by atoms with van der Waals surface area (Å²) >= 11 is 4.04. The number of rotatable bonds is 49. The lowest BCUT2D eigenvalue weighted by Gasteiger charge is -2.24. The van der Waals surface area contributed by atoms with Gasteiger partial charge < -0.3 is 56.2 Å². The van der Waals surface area contributed by atoms with Crippen LogP contribution in [0.25, 0.3) is 0 Å². The van der Waals surface area contributed by atoms with Crippen LogP contribution in [0.3, 0.4) is 0 Å². The Balaban J connectivity index is 1.58. The van der Waals surface area contributed by atoms with Crippen LogP contribution >= 0.6 is 77.4 Å². The van der Waals surface area contributed by atoms with E-state index in [9.17, 15) is 67.4 Å². The average molecular weight is 1500 g/mol. The molecule has 4 amide bonds. The Bertz CT molecular complexity index is 2400. The number of amides is 4. The van der Waals surface area contributed by atoms with Crippen molar-refractivity contribution >= 4 is 153 Å². The highest BCUT2D eigenvalue weighted by Gasteiger charge is 2.34. The summed E-state index contributed by atoms with van der Waals surface area (Å²) in [6.07, 6.45) is 16.9. The van der Waals surface area contributed by atoms with Gasteiger partial charge in [-0.15, -0.1) is 12.6 Å². The maximum Gasteiger partial charge on any atom is 0.326 e. The van der Waals surface area contributed by atoms with Gasteiger partial charge in [-0.3, -0.25) is 57.5 Å². The minimum Gasteiger partial charge on any atom is -0.481 e. The third kappa shape index (κ3) is 46.8. The van der Waals surface area contributed by atoms with Gasteiger partial charge in [-0.1, -0.05) is 155 Å². The minimum absolute atomic E-state index is 0.0506. The summed E-state index contributed by atoms with van der Waals surface area (Å²) in [4.78, 5) is 165. The fourth-order valence-electron chi connectivity index (χ4n) is 10.1. The zero-order chi connectivity index (χ0) is 71.4. The zero-order valence-electron chi connectivity index (χ0n) is 56.8. The molecule has 97 heavy (non-hydrogen) atoms. The van der Waals surface area contributed by atoms with E-state index >= 15 is 0 Å². The lowest BCUT2D eigenvalue weighted by atomic mass is 9.87. The molecule has 0 aliphatic carbocycles. The highest BCUT2D eigenvalue weighted by molar-refractivity contribution is 8.77. The second-order valence-corrected chi connectivity index (χ2v) is 32.8. The third-order valence-electron chi connectivity index (χ3n) is 16.3. The van der Waals surface area contributed by atoms with Crippen LogP contribution < -0.4 is 27.0 Å². The standard InChI is InChI=1S/C66H109N5O19S7/c1-46-40-92-96-44-53(67)59(77)37-51(58(76)36-50-42-94-93-41-49(47(2)72)35-57(50)75)43-95-97-45-55(66(86)91)71-64(83)48(34-56(46)74)20-17-18-26-68-62(80)39-90-33-30-87-28-19-21-52(73)38-89-32-31-88-29-27-69-60(78)25-24-54(65(84)85)70-61(79)22-15-13-11-9-7-5-3-4-6-8-10-12-14-16-23-63(81)82/h46,48-51,53-55H,3-45,67H2,1-2H3,(H,68,80)(H,69,78)(H,70,79)(H,71,83)(H,81,82)(H,84,85)(H,86,91)/t46-,48+,49-,50-,51-,53-,54-,55-/m0/s1. The van der Waals surface area contributed by atoms with Crippen LogP contribution in [0, 0.1) is 29.6 Å². The number of nitrogens with two attached hydrogens (primary N) is 1. The van der Waals surface area contributed by atoms with Crippen molar-refractivity contribution in [3.05, 3.63) is 0 Å². The topological polar surface area (TPSA) is 373 Å². The summed E-state index contributed by atoms with van der Waals surface area (Å²) in [5, 5.41) is 28.5. The van der Waals surface area contributed by atoms with Gasteiger partial charge in [0, 0.05) is 135 Å². The molecule has 2 aliphatic heterocycles. The fraction of sp³-hybridized carbons (Fsp3) is 0.803. The van der Waals surface area contributed by atoms with Crippen molar-refractivity contribution in [1.29, 1.82) is 0 Å². The van der Waals surface area contributed by atoms with Crippen LogP contribution in [0.2, 0.25) is 0 Å². The molecule has 554 valence electrons. The zero-order valence-corrected chi connectivity index (χ0v) is 62.6. The van der Waals surface area contributed by atoms with Crippen molar-refractivity contribution < 1.29 is 91.5 Å². The molecule has 2 fully saturated rings. The summed E-state index contributed by atoms with van der Waals surface area (Å²) in [7, 11) is 8.16. The van der Waals surface area contributed by atoms with E-state index in [0.717, 1.165) is 51.4 Å². The Morgan fingerprint density at radius 1 is 0.536 bits per heavy atom. The minimum atomic E-state index is -1.20. The molecule has 0 saturated carbocycles. The first-order valence-corrected chi connectivity index (χ1v) is 42.2. The number of carbonyl (C=O) groups excluding carboxylic acids is 11. The second kappa shape index (κ2) is 57.3. The van der Waals surface area contributed by atoms with E-state index < -0.39 is 70.7 Å². The maximum absolute atomic E-state index is 13.9. The molecular weight excluding hydrogens is 1390 g/mol. The first kappa shape index (κ1) is 89.8. The Kier molecular flexibility index (Phi) is 53.1. The van der Waals surface area contributed by atoms with Crippen LogP contribution in [0.15, 0.2) is 0 Å². The van der Waals surface area contributed by atoms with Gasteiger partial charge in [-0.2, -0.15) is 0 Å². The smallest absolute Gasteiger partial charge is 0.326 e. The van der Waals surface area contributed by atoms with Crippen LogP contribution in [-0.4, -0.2) is 204 Å². The van der Waals surface area contributed by atoms with Gasteiger partial charge >= 0.3 is 11.9 Å². The van der Waals surface area contributed by atoms with Gasteiger partial charge in [0.1, 0.15) is 48.4 Å². The van der Waals surface area contributed by atoms with Crippen molar-refractivity contribution in [2.45, 2.75) is 205 Å². The fourth-order valence-corrected chi connectivity index (χ4v) is 18.2. The van der Waals surface area contributed by atoms with Crippen molar-refractivity contribution in [3.8, 4) is 0 Å². The van der Waals surface area contributed by atoms with Gasteiger partial charge in [-0.25, -0.2) is 4.79 Å². The summed E-state index contributed by atoms with van der Waals surface area (Å²) in [5.41, 5.74) is 6.32. The molecule has 0 radical (unpaired) electrons. The van der Waals surface area contributed by atoms with Crippen molar-refractivity contribution in [2.75, 3.05) is 100 Å². The van der Waals surface area contributed by atoms with Crippen LogP contribution in [0.4, 0.5) is 0 Å². The highest BCUT2D eigenvalue weighted by Crippen LogP contribution is 2.35. The van der Waals surface area contributed by atoms with Crippen molar-refractivity contribution in [1.82, 2.24) is 21.3 Å². The number of ether oxygens (including phenoxy) is 4. The number of carboxylic acid groups (broad SMARTS) is 2. The Hall–Kier alpha value is -3.24. The van der Waals surface area contributed by atoms with E-state index in [-0.39, 0.29) is 187 Å². The second-order valence-electron chi connectivity index (χ2n) is 24.7. The highest BCUT2D eigenvalue weighted by atomic mass is 33.1. The largest absolute Gasteiger partial charge is 0.481 e. The molecule has 0 bridgehead atoms. The van der Waals surface area contributed by atoms with E-state index in [4.69, 9.17) is 29.8 Å². The summed E-state index contributed by atoms with van der Waals surface area (Å²) in [5.74, 6) is -5.74. The number of carbonyl (C=O) groups is 13. The molecule has 31 heteroatoms. The number of nitrogens with one attached hydrogen (secondary N) is 4. The Morgan fingerprint density at radius 3 is 1.71 bits per heavy atom. The lowest BCUT2D eigenvalue weighted by molar-refractivity contribution is -0.142. The molecule has 2 rings (SSSR count). The number of hydrogen-bond donors (Lipinski definition) is 8. The lowest BCUT2D eigenvalue weighted by Crippen LogP contribution is -2.44. The third-order valence-corrected chi connectivity index (χ3v) is 24.3. The van der Waals surface area contributed by atoms with E-state index in [1.807, 2.05) is 0 Å². The number of hydrogen-bond acceptors (Lipinski definition) is 24. The van der Waals surface area contributed by atoms with Gasteiger partial charge in [0.2, 0.25) is 28.7 Å². The van der Waals surface area contributed by atoms with Gasteiger partial charge in [-0.05, 0) is 45.4 Å². The van der Waals surface area contributed by atoms with Crippen LogP contribution in [-0.2, 0) is 81.3 Å². The molecule has 2 aliphatic rings. The van der Waals surface area contributed by atoms with Crippen LogP contribution in [0.1, 0.15) is 187 Å². The Labute approximate surface area is 602 Å². The molecule has 8 N–H and O–H groups in total. The van der Waals surface area contributed by atoms with E-state index in [2.05, 4.69) is 33.9 Å². The molecule has 24 nitrogen and oxygen atoms in total. The molecule has 2 saturated heterocycles. The number of aliphatic carboxylic acids is 2. The number of unbranched alkanes of at least 4 members (excludes halogenated alkanes) is 14. The maximum atomic E-state index is 13.9. The molecule has 0 spiro atoms. The number of thiol groups is 1. The normalized spacial score (nSPS) is 20.8. The Morgan fingerprint density at radius 2 is 1.08 bits per heavy atom. The van der Waals surface area contributed by atoms with E-state index in [1.54, 1.807) is 6.92 Å². The first-order valence-electron chi connectivity index (χ1n) is 34.3. The van der Waals surface area contributed by atoms with Gasteiger partial charge in [0.15, 0.2) is 11.6 Å². The summed E-state index contributed by atoms with van der Waals surface area (Å²) in [6.45, 7) is 4.52. The molecule has 0 unspecified atom stereocenters. The summed E-state index contributed by atoms with van der Waals surface area (Å²) < 4.78 is 21.8. The van der Waals surface area contributed by atoms with Gasteiger partial charge in [0.05, 0.1) is 39.1 Å². The molecular formula is C66H109N5O19S7. The predicted octanol–water partition coefficient (Wildman–Crippen LogP) is 8.45.